The third kappa shape index (κ3) is 11.0. The van der Waals surface area contributed by atoms with Crippen molar-refractivity contribution in [1.29, 1.82) is 0 Å². The van der Waals surface area contributed by atoms with E-state index in [-0.39, 0.29) is 31.8 Å². The zero-order valence-corrected chi connectivity index (χ0v) is 22.9. The highest BCUT2D eigenvalue weighted by Gasteiger charge is 2.23. The normalized spacial score (nSPS) is 13.4. The molecule has 0 spiro atoms. The fourth-order valence-electron chi connectivity index (χ4n) is 3.31. The molecule has 2 aromatic carbocycles. The second-order valence-electron chi connectivity index (χ2n) is 8.74. The Hall–Kier alpha value is -1.42. The summed E-state index contributed by atoms with van der Waals surface area (Å²) >= 11 is 3.43. The van der Waals surface area contributed by atoms with Gasteiger partial charge in [-0.1, -0.05) is 38.1 Å². The molecule has 35 heavy (non-hydrogen) atoms. The first kappa shape index (κ1) is 29.8. The van der Waals surface area contributed by atoms with Crippen LogP contribution in [0.25, 0.3) is 0 Å². The Morgan fingerprint density at radius 3 is 1.37 bits per heavy atom. The molecule has 0 heterocycles. The highest BCUT2D eigenvalue weighted by atomic mass is 32.2. The summed E-state index contributed by atoms with van der Waals surface area (Å²) in [7, 11) is 0. The smallest absolute Gasteiger partial charge is 0.119 e. The van der Waals surface area contributed by atoms with E-state index >= 15 is 0 Å². The van der Waals surface area contributed by atoms with Gasteiger partial charge in [0.2, 0.25) is 0 Å². The van der Waals surface area contributed by atoms with Crippen molar-refractivity contribution >= 4 is 23.5 Å². The van der Waals surface area contributed by atoms with Crippen molar-refractivity contribution in [3.63, 3.8) is 0 Å². The van der Waals surface area contributed by atoms with Gasteiger partial charge in [-0.3, -0.25) is 0 Å². The Bertz CT molecular complexity index is 746. The van der Waals surface area contributed by atoms with E-state index in [2.05, 4.69) is 38.1 Å². The van der Waals surface area contributed by atoms with E-state index in [0.717, 1.165) is 22.6 Å². The molecule has 0 fully saturated rings. The average Bonchev–Trinajstić information content (AvgIpc) is 2.87. The summed E-state index contributed by atoms with van der Waals surface area (Å²) in [6.45, 7) is 6.54. The summed E-state index contributed by atoms with van der Waals surface area (Å²) < 4.78 is 22.3. The van der Waals surface area contributed by atoms with Crippen molar-refractivity contribution in [1.82, 2.24) is 0 Å². The molecule has 0 saturated carbocycles. The van der Waals surface area contributed by atoms with Gasteiger partial charge in [0, 0.05) is 16.9 Å². The van der Waals surface area contributed by atoms with E-state index in [4.69, 9.17) is 18.9 Å². The highest BCUT2D eigenvalue weighted by molar-refractivity contribution is 7.98. The second-order valence-corrected chi connectivity index (χ2v) is 10.7. The molecule has 2 N–H and O–H groups in total. The molecule has 2 rings (SSSR count). The Balaban J connectivity index is 1.83. The lowest BCUT2D eigenvalue weighted by Crippen LogP contribution is -2.24. The number of hydrogen-bond acceptors (Lipinski definition) is 8. The lowest BCUT2D eigenvalue weighted by Gasteiger charge is -2.26. The zero-order chi connectivity index (χ0) is 25.5. The first-order valence-corrected chi connectivity index (χ1v) is 14.6. The Kier molecular flexibility index (Phi) is 13.9. The minimum Gasteiger partial charge on any atom is -0.491 e. The van der Waals surface area contributed by atoms with E-state index in [1.165, 1.54) is 0 Å². The number of aliphatic hydroxyl groups excluding tert-OH is 2. The van der Waals surface area contributed by atoms with Gasteiger partial charge in [-0.15, -0.1) is 0 Å². The maximum atomic E-state index is 10.0. The summed E-state index contributed by atoms with van der Waals surface area (Å²) in [6, 6.07) is 15.9. The van der Waals surface area contributed by atoms with Gasteiger partial charge in [0.1, 0.15) is 36.9 Å². The van der Waals surface area contributed by atoms with Gasteiger partial charge in [-0.2, -0.15) is 23.5 Å². The molecule has 0 bridgehead atoms. The lowest BCUT2D eigenvalue weighted by molar-refractivity contribution is 0.0173. The van der Waals surface area contributed by atoms with E-state index in [1.807, 2.05) is 36.8 Å². The van der Waals surface area contributed by atoms with Crippen LogP contribution in [0.5, 0.6) is 11.5 Å². The van der Waals surface area contributed by atoms with Crippen molar-refractivity contribution < 1.29 is 29.2 Å². The summed E-state index contributed by atoms with van der Waals surface area (Å²) in [5.41, 5.74) is 2.08. The molecular weight excluding hydrogens is 484 g/mol. The van der Waals surface area contributed by atoms with Gasteiger partial charge in [0.25, 0.3) is 0 Å². The van der Waals surface area contributed by atoms with Crippen LogP contribution in [0.2, 0.25) is 0 Å². The van der Waals surface area contributed by atoms with Gasteiger partial charge >= 0.3 is 0 Å². The maximum Gasteiger partial charge on any atom is 0.119 e. The molecule has 0 aliphatic heterocycles. The van der Waals surface area contributed by atoms with Gasteiger partial charge < -0.3 is 29.2 Å². The van der Waals surface area contributed by atoms with Gasteiger partial charge in [0.15, 0.2) is 0 Å². The number of benzene rings is 2. The standard InChI is InChI=1S/C27H40O6S2/c1-27(2,21-5-9-25(10-6-21)32-19-23(28)17-30-13-15-34-3)22-7-11-26(12-8-22)33-20-24(29)18-31-14-16-35-4/h5-12,23-24,28-29H,13-20H2,1-4H3. The van der Waals surface area contributed by atoms with E-state index in [9.17, 15) is 10.2 Å². The molecule has 2 aromatic rings. The fraction of sp³-hybridized carbons (Fsp3) is 0.556. The first-order valence-electron chi connectivity index (χ1n) is 11.8. The molecule has 0 amide bonds. The number of ether oxygens (including phenoxy) is 4. The minimum absolute atomic E-state index is 0.197. The molecule has 6 nitrogen and oxygen atoms in total. The Morgan fingerprint density at radius 2 is 1.03 bits per heavy atom. The Labute approximate surface area is 218 Å². The number of hydrogen-bond donors (Lipinski definition) is 2. The van der Waals surface area contributed by atoms with Crippen LogP contribution in [0, 0.1) is 0 Å². The second kappa shape index (κ2) is 16.3. The predicted molar refractivity (Wildman–Crippen MR) is 146 cm³/mol. The van der Waals surface area contributed by atoms with Crippen LogP contribution in [0.15, 0.2) is 48.5 Å². The summed E-state index contributed by atoms with van der Waals surface area (Å²) in [5, 5.41) is 20.0. The Morgan fingerprint density at radius 1 is 0.657 bits per heavy atom. The lowest BCUT2D eigenvalue weighted by atomic mass is 9.78. The monoisotopic (exact) mass is 524 g/mol. The molecule has 2 unspecified atom stereocenters. The maximum absolute atomic E-state index is 10.0. The van der Waals surface area contributed by atoms with Gasteiger partial charge in [-0.25, -0.2) is 0 Å². The molecule has 0 radical (unpaired) electrons. The molecule has 196 valence electrons. The van der Waals surface area contributed by atoms with Gasteiger partial charge in [-0.05, 0) is 47.9 Å². The molecule has 0 aliphatic rings. The number of aliphatic hydroxyl groups is 2. The fourth-order valence-corrected chi connectivity index (χ4v) is 3.88. The van der Waals surface area contributed by atoms with Crippen LogP contribution in [0.4, 0.5) is 0 Å². The first-order chi connectivity index (χ1) is 16.9. The van der Waals surface area contributed by atoms with E-state index < -0.39 is 12.2 Å². The molecule has 2 atom stereocenters. The van der Waals surface area contributed by atoms with Crippen molar-refractivity contribution in [2.75, 3.05) is 63.7 Å². The van der Waals surface area contributed by atoms with Crippen LogP contribution in [0.1, 0.15) is 25.0 Å². The van der Waals surface area contributed by atoms with Crippen molar-refractivity contribution in [3.05, 3.63) is 59.7 Å². The summed E-state index contributed by atoms with van der Waals surface area (Å²) in [5.74, 6) is 3.26. The van der Waals surface area contributed by atoms with Crippen LogP contribution < -0.4 is 9.47 Å². The summed E-state index contributed by atoms with van der Waals surface area (Å²) in [4.78, 5) is 0. The largest absolute Gasteiger partial charge is 0.491 e. The van der Waals surface area contributed by atoms with Crippen molar-refractivity contribution in [2.45, 2.75) is 31.5 Å². The topological polar surface area (TPSA) is 77.4 Å². The predicted octanol–water partition coefficient (Wildman–Crippen LogP) is 4.25. The minimum atomic E-state index is -0.650. The van der Waals surface area contributed by atoms with Crippen LogP contribution in [0.3, 0.4) is 0 Å². The number of thioether (sulfide) groups is 2. The summed E-state index contributed by atoms with van der Waals surface area (Å²) in [6.07, 6.45) is 2.75. The van der Waals surface area contributed by atoms with Gasteiger partial charge in [0.05, 0.1) is 26.4 Å². The molecule has 0 aliphatic carbocycles. The van der Waals surface area contributed by atoms with Crippen LogP contribution in [-0.4, -0.2) is 86.1 Å². The number of rotatable bonds is 18. The van der Waals surface area contributed by atoms with E-state index in [1.54, 1.807) is 23.5 Å². The average molecular weight is 525 g/mol. The van der Waals surface area contributed by atoms with Crippen molar-refractivity contribution in [3.8, 4) is 11.5 Å². The third-order valence-corrected chi connectivity index (χ3v) is 6.67. The molecular formula is C27H40O6S2. The van der Waals surface area contributed by atoms with E-state index in [0.29, 0.717) is 24.7 Å². The zero-order valence-electron chi connectivity index (χ0n) is 21.3. The quantitative estimate of drug-likeness (QED) is 0.280. The molecule has 0 saturated heterocycles. The van der Waals surface area contributed by atoms with Crippen molar-refractivity contribution in [2.24, 2.45) is 0 Å². The third-order valence-electron chi connectivity index (χ3n) is 5.52. The molecule has 8 heteroatoms. The van der Waals surface area contributed by atoms with Crippen LogP contribution >= 0.6 is 23.5 Å². The highest BCUT2D eigenvalue weighted by Crippen LogP contribution is 2.33. The van der Waals surface area contributed by atoms with Crippen LogP contribution in [-0.2, 0) is 14.9 Å². The SMILES string of the molecule is CSCCOCC(O)COc1ccc(C(C)(C)c2ccc(OCC(O)COCCSC)cc2)cc1. The molecule has 0 aromatic heterocycles.